The smallest absolute Gasteiger partial charge is 0.407 e. The Morgan fingerprint density at radius 1 is 1.03 bits per heavy atom. The minimum absolute atomic E-state index is 0.0342. The summed E-state index contributed by atoms with van der Waals surface area (Å²) in [6.07, 6.45) is 0.117. The van der Waals surface area contributed by atoms with Crippen molar-refractivity contribution in [3.63, 3.8) is 0 Å². The number of alkyl carbamates (subject to hydrolysis) is 1. The molecule has 10 heteroatoms. The van der Waals surface area contributed by atoms with E-state index in [2.05, 4.69) is 21.5 Å². The summed E-state index contributed by atoms with van der Waals surface area (Å²) >= 11 is 0.735. The average Bonchev–Trinajstić information content (AvgIpc) is 2.69. The van der Waals surface area contributed by atoms with Crippen LogP contribution in [-0.4, -0.2) is 40.5 Å². The fraction of sp³-hybridized carbons (Fsp3) is 0.545. The van der Waals surface area contributed by atoms with E-state index in [1.165, 1.54) is 0 Å². The highest BCUT2D eigenvalue weighted by Crippen LogP contribution is 2.16. The number of para-hydroxylation sites is 1. The minimum atomic E-state index is -0.649. The van der Waals surface area contributed by atoms with Crippen LogP contribution in [0.15, 0.2) is 24.3 Å². The van der Waals surface area contributed by atoms with Gasteiger partial charge in [-0.2, -0.15) is 0 Å². The Hall–Kier alpha value is -2.75. The Morgan fingerprint density at radius 2 is 1.69 bits per heavy atom. The number of nitrogens with one attached hydrogen (secondary N) is 4. The van der Waals surface area contributed by atoms with E-state index in [1.807, 2.05) is 39.0 Å². The Bertz CT molecular complexity index is 808. The molecule has 1 aromatic rings. The van der Waals surface area contributed by atoms with Crippen LogP contribution in [0.5, 0.6) is 0 Å². The standard InChI is InChI=1S/C22H34N4O5S/c1-7-15-10-8-9-11-16(15)23-19(28)13-32-21(30)26-25-18(27)12-17(14(2)3)24-20(29)31-22(4,5)6/h8-11,14,17H,7,12-13H2,1-6H3,(H,23,28)(H,24,29)(H,25,27)(H,26,30)/t17-/m0/s1. The number of benzene rings is 1. The third kappa shape index (κ3) is 11.0. The van der Waals surface area contributed by atoms with E-state index in [-0.39, 0.29) is 24.0 Å². The van der Waals surface area contributed by atoms with Gasteiger partial charge in [-0.15, -0.1) is 0 Å². The SMILES string of the molecule is CCc1ccccc1NC(=O)CSC(=O)NNC(=O)C[C@H](NC(=O)OC(C)(C)C)C(C)C. The van der Waals surface area contributed by atoms with Gasteiger partial charge < -0.3 is 15.4 Å². The molecule has 0 aliphatic rings. The predicted octanol–water partition coefficient (Wildman–Crippen LogP) is 3.60. The summed E-state index contributed by atoms with van der Waals surface area (Å²) in [5.74, 6) is -0.934. The summed E-state index contributed by atoms with van der Waals surface area (Å²) in [5, 5.41) is 4.88. The number of amides is 4. The number of hydrogen-bond donors (Lipinski definition) is 4. The number of carbonyl (C=O) groups excluding carboxylic acids is 4. The van der Waals surface area contributed by atoms with Gasteiger partial charge in [0.2, 0.25) is 11.8 Å². The van der Waals surface area contributed by atoms with E-state index in [9.17, 15) is 19.2 Å². The quantitative estimate of drug-likeness (QED) is 0.434. The molecule has 1 aromatic carbocycles. The van der Waals surface area contributed by atoms with Crippen LogP contribution >= 0.6 is 11.8 Å². The van der Waals surface area contributed by atoms with Crippen molar-refractivity contribution in [2.45, 2.75) is 66.0 Å². The lowest BCUT2D eigenvalue weighted by Crippen LogP contribution is -2.47. The largest absolute Gasteiger partial charge is 0.444 e. The van der Waals surface area contributed by atoms with Crippen molar-refractivity contribution in [1.29, 1.82) is 0 Å². The molecule has 32 heavy (non-hydrogen) atoms. The predicted molar refractivity (Wildman–Crippen MR) is 126 cm³/mol. The molecule has 0 saturated carbocycles. The summed E-state index contributed by atoms with van der Waals surface area (Å²) in [5.41, 5.74) is 5.63. The summed E-state index contributed by atoms with van der Waals surface area (Å²) < 4.78 is 5.22. The number of thioether (sulfide) groups is 1. The fourth-order valence-corrected chi connectivity index (χ4v) is 3.05. The van der Waals surface area contributed by atoms with Crippen molar-refractivity contribution in [3.05, 3.63) is 29.8 Å². The van der Waals surface area contributed by atoms with Crippen molar-refractivity contribution in [3.8, 4) is 0 Å². The number of anilines is 1. The molecule has 9 nitrogen and oxygen atoms in total. The van der Waals surface area contributed by atoms with Gasteiger partial charge >= 0.3 is 6.09 Å². The lowest BCUT2D eigenvalue weighted by atomic mass is 10.0. The molecule has 4 N–H and O–H groups in total. The van der Waals surface area contributed by atoms with Crippen molar-refractivity contribution in [1.82, 2.24) is 16.2 Å². The number of aryl methyl sites for hydroxylation is 1. The zero-order valence-corrected chi connectivity index (χ0v) is 20.4. The zero-order chi connectivity index (χ0) is 24.3. The first-order valence-electron chi connectivity index (χ1n) is 10.5. The van der Waals surface area contributed by atoms with Crippen molar-refractivity contribution in [2.75, 3.05) is 11.1 Å². The number of ether oxygens (including phenoxy) is 1. The second kappa shape index (κ2) is 12.9. The number of carbonyl (C=O) groups is 4. The lowest BCUT2D eigenvalue weighted by Gasteiger charge is -2.25. The maximum atomic E-state index is 12.2. The molecule has 0 radical (unpaired) electrons. The molecule has 1 atom stereocenters. The highest BCUT2D eigenvalue weighted by atomic mass is 32.2. The lowest BCUT2D eigenvalue weighted by molar-refractivity contribution is -0.122. The first-order chi connectivity index (χ1) is 14.9. The minimum Gasteiger partial charge on any atom is -0.444 e. The molecule has 0 aromatic heterocycles. The van der Waals surface area contributed by atoms with E-state index < -0.39 is 28.9 Å². The Morgan fingerprint density at radius 3 is 2.28 bits per heavy atom. The van der Waals surface area contributed by atoms with E-state index in [0.29, 0.717) is 5.69 Å². The van der Waals surface area contributed by atoms with E-state index in [1.54, 1.807) is 26.8 Å². The maximum absolute atomic E-state index is 12.2. The van der Waals surface area contributed by atoms with E-state index in [0.717, 1.165) is 23.7 Å². The molecular formula is C22H34N4O5S. The highest BCUT2D eigenvalue weighted by Gasteiger charge is 2.23. The van der Waals surface area contributed by atoms with Gasteiger partial charge in [0.05, 0.1) is 5.75 Å². The van der Waals surface area contributed by atoms with Crippen LogP contribution in [0.2, 0.25) is 0 Å². The average molecular weight is 467 g/mol. The molecule has 0 aliphatic carbocycles. The summed E-state index contributed by atoms with van der Waals surface area (Å²) in [6, 6.07) is 6.97. The van der Waals surface area contributed by atoms with Gasteiger partial charge in [0.25, 0.3) is 5.24 Å². The van der Waals surface area contributed by atoms with Gasteiger partial charge in [0.1, 0.15) is 5.60 Å². The van der Waals surface area contributed by atoms with Gasteiger partial charge in [0.15, 0.2) is 0 Å². The van der Waals surface area contributed by atoms with Crippen LogP contribution in [-0.2, 0) is 20.7 Å². The van der Waals surface area contributed by atoms with Crippen LogP contribution < -0.4 is 21.5 Å². The third-order valence-corrected chi connectivity index (χ3v) is 4.99. The zero-order valence-electron chi connectivity index (χ0n) is 19.5. The summed E-state index contributed by atoms with van der Waals surface area (Å²) in [6.45, 7) is 11.0. The number of hydrazine groups is 1. The Kier molecular flexibility index (Phi) is 11.0. The molecular weight excluding hydrogens is 432 g/mol. The van der Waals surface area contributed by atoms with Crippen LogP contribution in [0.3, 0.4) is 0 Å². The number of hydrogen-bond acceptors (Lipinski definition) is 6. The van der Waals surface area contributed by atoms with Crippen molar-refractivity contribution in [2.24, 2.45) is 5.92 Å². The van der Waals surface area contributed by atoms with E-state index >= 15 is 0 Å². The van der Waals surface area contributed by atoms with Crippen molar-refractivity contribution >= 4 is 40.6 Å². The van der Waals surface area contributed by atoms with Gasteiger partial charge in [-0.25, -0.2) is 4.79 Å². The monoisotopic (exact) mass is 466 g/mol. The second-order valence-corrected chi connectivity index (χ2v) is 9.46. The Labute approximate surface area is 193 Å². The Balaban J connectivity index is 2.41. The summed E-state index contributed by atoms with van der Waals surface area (Å²) in [7, 11) is 0. The molecule has 1 rings (SSSR count). The third-order valence-electron chi connectivity index (χ3n) is 4.22. The summed E-state index contributed by atoms with van der Waals surface area (Å²) in [4.78, 5) is 48.2. The molecule has 0 fully saturated rings. The number of rotatable bonds is 8. The molecule has 0 saturated heterocycles. The first kappa shape index (κ1) is 27.3. The van der Waals surface area contributed by atoms with Gasteiger partial charge in [-0.05, 0) is 44.7 Å². The van der Waals surface area contributed by atoms with Gasteiger partial charge in [-0.3, -0.25) is 25.2 Å². The maximum Gasteiger partial charge on any atom is 0.407 e. The molecule has 0 unspecified atom stereocenters. The molecule has 0 aliphatic heterocycles. The molecule has 4 amide bonds. The molecule has 178 valence electrons. The van der Waals surface area contributed by atoms with Gasteiger partial charge in [-0.1, -0.05) is 50.7 Å². The molecule has 0 bridgehead atoms. The highest BCUT2D eigenvalue weighted by molar-refractivity contribution is 8.14. The fourth-order valence-electron chi connectivity index (χ4n) is 2.59. The topological polar surface area (TPSA) is 126 Å². The van der Waals surface area contributed by atoms with Crippen LogP contribution in [0.25, 0.3) is 0 Å². The van der Waals surface area contributed by atoms with Crippen LogP contribution in [0.4, 0.5) is 15.3 Å². The van der Waals surface area contributed by atoms with E-state index in [4.69, 9.17) is 4.74 Å². The van der Waals surface area contributed by atoms with Gasteiger partial charge in [0, 0.05) is 18.2 Å². The van der Waals surface area contributed by atoms with Crippen LogP contribution in [0, 0.1) is 5.92 Å². The molecule has 0 heterocycles. The normalized spacial score (nSPS) is 12.0. The second-order valence-electron chi connectivity index (χ2n) is 8.51. The molecule has 0 spiro atoms. The van der Waals surface area contributed by atoms with Crippen molar-refractivity contribution < 1.29 is 23.9 Å². The first-order valence-corrected chi connectivity index (χ1v) is 11.5. The van der Waals surface area contributed by atoms with Crippen LogP contribution in [0.1, 0.15) is 53.5 Å².